The van der Waals surface area contributed by atoms with Crippen molar-refractivity contribution in [1.29, 1.82) is 0 Å². The third-order valence-electron chi connectivity index (χ3n) is 6.43. The third-order valence-corrected chi connectivity index (χ3v) is 6.43. The lowest BCUT2D eigenvalue weighted by molar-refractivity contribution is -0.0352. The van der Waals surface area contributed by atoms with Crippen molar-refractivity contribution in [1.82, 2.24) is 30.3 Å². The molecular weight excluding hydrogens is 517 g/mol. The molecule has 2 N–H and O–H groups in total. The molecule has 1 aromatic heterocycles. The smallest absolute Gasteiger partial charge is 0.191 e. The minimum Gasteiger partial charge on any atom is -0.379 e. The first-order valence-corrected chi connectivity index (χ1v) is 11.6. The van der Waals surface area contributed by atoms with E-state index < -0.39 is 0 Å². The van der Waals surface area contributed by atoms with E-state index in [-0.39, 0.29) is 29.5 Å². The molecule has 1 aliphatic carbocycles. The van der Waals surface area contributed by atoms with Gasteiger partial charge in [0.1, 0.15) is 12.9 Å². The Kier molecular flexibility index (Phi) is 9.73. The van der Waals surface area contributed by atoms with Crippen molar-refractivity contribution in [2.24, 2.45) is 4.99 Å². The van der Waals surface area contributed by atoms with Crippen molar-refractivity contribution in [3.05, 3.63) is 42.5 Å². The molecule has 0 spiro atoms. The van der Waals surface area contributed by atoms with Gasteiger partial charge < -0.3 is 15.4 Å². The Morgan fingerprint density at radius 3 is 2.56 bits per heavy atom. The van der Waals surface area contributed by atoms with Gasteiger partial charge in [-0.3, -0.25) is 9.47 Å². The molecule has 0 atom stereocenters. The van der Waals surface area contributed by atoms with Crippen molar-refractivity contribution in [2.45, 2.75) is 51.1 Å². The van der Waals surface area contributed by atoms with Crippen LogP contribution in [0.4, 0.5) is 0 Å². The molecule has 1 saturated carbocycles. The van der Waals surface area contributed by atoms with Gasteiger partial charge >= 0.3 is 0 Å². The van der Waals surface area contributed by atoms with Crippen LogP contribution in [0.5, 0.6) is 0 Å². The number of ether oxygens (including phenoxy) is 1. The van der Waals surface area contributed by atoms with Gasteiger partial charge in [-0.15, -0.1) is 34.2 Å². The van der Waals surface area contributed by atoms with E-state index in [9.17, 15) is 0 Å². The molecule has 2 aromatic rings. The van der Waals surface area contributed by atoms with E-state index in [1.807, 2.05) is 22.8 Å². The maximum absolute atomic E-state index is 5.61. The number of hydrogen-bond donors (Lipinski definition) is 2. The van der Waals surface area contributed by atoms with Crippen LogP contribution in [-0.2, 0) is 11.3 Å². The summed E-state index contributed by atoms with van der Waals surface area (Å²) in [6.45, 7) is 8.02. The standard InChI is InChI=1S/C23H35N7O.HI/c1-2-24-22(25-17-21-28-27-19-30(21)20-9-5-3-6-10-20)26-18-23(11-7-4-8-12-23)29-13-15-31-16-14-29;/h3,5-6,9-10,19H,2,4,7-8,11-18H2,1H3,(H2,24,25,26);1H. The summed E-state index contributed by atoms with van der Waals surface area (Å²) in [5.74, 6) is 1.66. The lowest BCUT2D eigenvalue weighted by Crippen LogP contribution is -2.60. The van der Waals surface area contributed by atoms with E-state index in [0.717, 1.165) is 56.9 Å². The second-order valence-electron chi connectivity index (χ2n) is 8.39. The molecule has 8 nitrogen and oxygen atoms in total. The van der Waals surface area contributed by atoms with E-state index in [2.05, 4.69) is 44.8 Å². The van der Waals surface area contributed by atoms with Crippen LogP contribution in [0.2, 0.25) is 0 Å². The number of guanidine groups is 1. The maximum Gasteiger partial charge on any atom is 0.191 e. The van der Waals surface area contributed by atoms with Gasteiger partial charge in [0.05, 0.1) is 13.2 Å². The molecule has 2 heterocycles. The summed E-state index contributed by atoms with van der Waals surface area (Å²) in [7, 11) is 0. The van der Waals surface area contributed by atoms with Gasteiger partial charge in [0.15, 0.2) is 11.8 Å². The second kappa shape index (κ2) is 12.5. The van der Waals surface area contributed by atoms with Gasteiger partial charge in [-0.2, -0.15) is 0 Å². The first kappa shape index (κ1) is 24.9. The van der Waals surface area contributed by atoms with Gasteiger partial charge in [0.25, 0.3) is 0 Å². The molecule has 4 rings (SSSR count). The SMILES string of the molecule is CCNC(=NCc1nncn1-c1ccccc1)NCC1(N2CCOCC2)CCCCC1.I. The monoisotopic (exact) mass is 553 g/mol. The Hall–Kier alpha value is -1.72. The van der Waals surface area contributed by atoms with Crippen LogP contribution in [-0.4, -0.2) is 70.6 Å². The summed E-state index contributed by atoms with van der Waals surface area (Å²) in [5.41, 5.74) is 1.24. The van der Waals surface area contributed by atoms with Crippen molar-refractivity contribution in [3.63, 3.8) is 0 Å². The molecule has 1 aliphatic heterocycles. The predicted octanol–water partition coefficient (Wildman–Crippen LogP) is 2.98. The number of hydrogen-bond acceptors (Lipinski definition) is 5. The normalized spacial score (nSPS) is 19.2. The van der Waals surface area contributed by atoms with Crippen LogP contribution >= 0.6 is 24.0 Å². The van der Waals surface area contributed by atoms with Crippen molar-refractivity contribution in [2.75, 3.05) is 39.4 Å². The molecule has 32 heavy (non-hydrogen) atoms. The van der Waals surface area contributed by atoms with E-state index in [1.165, 1.54) is 32.1 Å². The highest BCUT2D eigenvalue weighted by Crippen LogP contribution is 2.33. The van der Waals surface area contributed by atoms with Crippen LogP contribution in [0, 0.1) is 0 Å². The van der Waals surface area contributed by atoms with Crippen LogP contribution < -0.4 is 10.6 Å². The molecule has 2 aliphatic rings. The maximum atomic E-state index is 5.61. The average molecular weight is 553 g/mol. The Morgan fingerprint density at radius 2 is 1.84 bits per heavy atom. The zero-order valence-corrected chi connectivity index (χ0v) is 21.3. The van der Waals surface area contributed by atoms with Crippen LogP contribution in [0.15, 0.2) is 41.7 Å². The Labute approximate surface area is 208 Å². The molecule has 0 amide bonds. The zero-order chi connectivity index (χ0) is 21.4. The highest BCUT2D eigenvalue weighted by atomic mass is 127. The molecule has 176 valence electrons. The van der Waals surface area contributed by atoms with Crippen LogP contribution in [0.25, 0.3) is 5.69 Å². The average Bonchev–Trinajstić information content (AvgIpc) is 3.31. The highest BCUT2D eigenvalue weighted by Gasteiger charge is 2.38. The Morgan fingerprint density at radius 1 is 1.09 bits per heavy atom. The number of benzene rings is 1. The summed E-state index contributed by atoms with van der Waals surface area (Å²) >= 11 is 0. The van der Waals surface area contributed by atoms with Crippen LogP contribution in [0.1, 0.15) is 44.9 Å². The molecule has 1 aromatic carbocycles. The van der Waals surface area contributed by atoms with Crippen molar-refractivity contribution in [3.8, 4) is 5.69 Å². The van der Waals surface area contributed by atoms with E-state index in [4.69, 9.17) is 9.73 Å². The number of aromatic nitrogens is 3. The highest BCUT2D eigenvalue weighted by molar-refractivity contribution is 14.0. The molecule has 9 heteroatoms. The largest absolute Gasteiger partial charge is 0.379 e. The zero-order valence-electron chi connectivity index (χ0n) is 19.0. The van der Waals surface area contributed by atoms with Gasteiger partial charge in [-0.05, 0) is 31.9 Å². The fourth-order valence-electron chi connectivity index (χ4n) is 4.76. The fraction of sp³-hybridized carbons (Fsp3) is 0.609. The topological polar surface area (TPSA) is 79.6 Å². The fourth-order valence-corrected chi connectivity index (χ4v) is 4.76. The molecule has 1 saturated heterocycles. The third kappa shape index (κ3) is 6.20. The first-order chi connectivity index (χ1) is 15.3. The van der Waals surface area contributed by atoms with Crippen molar-refractivity contribution < 1.29 is 4.74 Å². The molecule has 2 fully saturated rings. The minimum absolute atomic E-state index is 0. The number of halogens is 1. The summed E-state index contributed by atoms with van der Waals surface area (Å²) in [6, 6.07) is 10.1. The molecule has 0 bridgehead atoms. The summed E-state index contributed by atoms with van der Waals surface area (Å²) < 4.78 is 7.60. The number of rotatable bonds is 7. The lowest BCUT2D eigenvalue weighted by atomic mass is 9.80. The molecular formula is C23H36IN7O. The van der Waals surface area contributed by atoms with Gasteiger partial charge in [0, 0.05) is 37.4 Å². The van der Waals surface area contributed by atoms with Crippen molar-refractivity contribution >= 4 is 29.9 Å². The predicted molar refractivity (Wildman–Crippen MR) is 138 cm³/mol. The Balaban J connectivity index is 0.00000289. The number of para-hydroxylation sites is 1. The number of aliphatic imine (C=N–C) groups is 1. The van der Waals surface area contributed by atoms with E-state index >= 15 is 0 Å². The lowest BCUT2D eigenvalue weighted by Gasteiger charge is -2.48. The van der Waals surface area contributed by atoms with Gasteiger partial charge in [0.2, 0.25) is 0 Å². The summed E-state index contributed by atoms with van der Waals surface area (Å²) in [5, 5.41) is 15.4. The summed E-state index contributed by atoms with van der Waals surface area (Å²) in [4.78, 5) is 7.48. The number of nitrogens with one attached hydrogen (secondary N) is 2. The van der Waals surface area contributed by atoms with Gasteiger partial charge in [-0.1, -0.05) is 37.5 Å². The summed E-state index contributed by atoms with van der Waals surface area (Å²) in [6.07, 6.45) is 8.16. The van der Waals surface area contributed by atoms with Gasteiger partial charge in [-0.25, -0.2) is 4.99 Å². The minimum atomic E-state index is 0. The molecule has 0 radical (unpaired) electrons. The number of nitrogens with zero attached hydrogens (tertiary/aromatic N) is 5. The Bertz CT molecular complexity index is 830. The second-order valence-corrected chi connectivity index (χ2v) is 8.39. The molecule has 0 unspecified atom stereocenters. The quantitative estimate of drug-likeness (QED) is 0.312. The van der Waals surface area contributed by atoms with E-state index in [0.29, 0.717) is 6.54 Å². The van der Waals surface area contributed by atoms with E-state index in [1.54, 1.807) is 6.33 Å². The van der Waals surface area contributed by atoms with Crippen LogP contribution in [0.3, 0.4) is 0 Å². The number of morpholine rings is 1. The first-order valence-electron chi connectivity index (χ1n) is 11.6.